The minimum Gasteiger partial charge on any atom is -0.478 e. The van der Waals surface area contributed by atoms with Crippen molar-refractivity contribution in [1.29, 1.82) is 5.26 Å². The lowest BCUT2D eigenvalue weighted by Crippen LogP contribution is -2.05. The Bertz CT molecular complexity index is 426. The Morgan fingerprint density at radius 2 is 2.29 bits per heavy atom. The monoisotopic (exact) mass is 273 g/mol. The number of benzene rings is 1. The lowest BCUT2D eigenvalue weighted by molar-refractivity contribution is 0.0695. The number of carbonyl (C=O) groups is 1. The Kier molecular flexibility index (Phi) is 3.50. The maximum Gasteiger partial charge on any atom is 0.337 e. The first-order chi connectivity index (χ1) is 6.61. The van der Waals surface area contributed by atoms with Crippen molar-refractivity contribution in [2.45, 2.75) is 5.88 Å². The van der Waals surface area contributed by atoms with Gasteiger partial charge in [-0.2, -0.15) is 5.26 Å². The molecular weight excluding hydrogens is 269 g/mol. The molecule has 3 nitrogen and oxygen atoms in total. The van der Waals surface area contributed by atoms with Crippen molar-refractivity contribution in [1.82, 2.24) is 0 Å². The number of carboxylic acid groups (broad SMARTS) is 1. The Labute approximate surface area is 94.0 Å². The van der Waals surface area contributed by atoms with Gasteiger partial charge in [0, 0.05) is 10.4 Å². The third-order valence-corrected chi connectivity index (χ3v) is 2.73. The number of hydrogen-bond acceptors (Lipinski definition) is 2. The van der Waals surface area contributed by atoms with Gasteiger partial charge in [0.15, 0.2) is 0 Å². The largest absolute Gasteiger partial charge is 0.478 e. The van der Waals surface area contributed by atoms with E-state index in [9.17, 15) is 4.79 Å². The van der Waals surface area contributed by atoms with Gasteiger partial charge in [-0.15, -0.1) is 11.6 Å². The van der Waals surface area contributed by atoms with Crippen LogP contribution in [0.2, 0.25) is 0 Å². The van der Waals surface area contributed by atoms with Crippen molar-refractivity contribution in [2.75, 3.05) is 0 Å². The van der Waals surface area contributed by atoms with Crippen LogP contribution in [0.4, 0.5) is 0 Å². The zero-order valence-corrected chi connectivity index (χ0v) is 9.26. The van der Waals surface area contributed by atoms with Crippen molar-refractivity contribution >= 4 is 33.5 Å². The van der Waals surface area contributed by atoms with E-state index in [1.165, 1.54) is 6.07 Å². The molecule has 0 fully saturated rings. The summed E-state index contributed by atoms with van der Waals surface area (Å²) >= 11 is 8.79. The highest BCUT2D eigenvalue weighted by molar-refractivity contribution is 9.10. The second-order valence-corrected chi connectivity index (χ2v) is 3.62. The molecule has 1 aromatic carbocycles. The molecular formula is C9H5BrClNO2. The van der Waals surface area contributed by atoms with Gasteiger partial charge in [-0.1, -0.05) is 15.9 Å². The summed E-state index contributed by atoms with van der Waals surface area (Å²) < 4.78 is 0.601. The molecule has 72 valence electrons. The number of nitriles is 1. The predicted molar refractivity (Wildman–Crippen MR) is 55.4 cm³/mol. The van der Waals surface area contributed by atoms with E-state index in [4.69, 9.17) is 22.0 Å². The highest BCUT2D eigenvalue weighted by Crippen LogP contribution is 2.25. The van der Waals surface area contributed by atoms with E-state index >= 15 is 0 Å². The average molecular weight is 275 g/mol. The minimum absolute atomic E-state index is 0.0307. The summed E-state index contributed by atoms with van der Waals surface area (Å²) in [6.07, 6.45) is 0. The second-order valence-electron chi connectivity index (χ2n) is 2.50. The number of nitrogens with zero attached hydrogens (tertiary/aromatic N) is 1. The first-order valence-electron chi connectivity index (χ1n) is 3.62. The molecule has 0 aliphatic heterocycles. The Morgan fingerprint density at radius 1 is 1.64 bits per heavy atom. The molecule has 0 radical (unpaired) electrons. The van der Waals surface area contributed by atoms with E-state index in [2.05, 4.69) is 15.9 Å². The third-order valence-electron chi connectivity index (χ3n) is 1.72. The summed E-state index contributed by atoms with van der Waals surface area (Å²) in [5, 5.41) is 17.6. The topological polar surface area (TPSA) is 61.1 Å². The van der Waals surface area contributed by atoms with Crippen LogP contribution in [0.15, 0.2) is 16.6 Å². The average Bonchev–Trinajstić information content (AvgIpc) is 2.17. The molecule has 0 aliphatic carbocycles. The van der Waals surface area contributed by atoms with E-state index < -0.39 is 5.97 Å². The van der Waals surface area contributed by atoms with Crippen LogP contribution in [-0.4, -0.2) is 11.1 Å². The Morgan fingerprint density at radius 3 is 2.71 bits per heavy atom. The van der Waals surface area contributed by atoms with Gasteiger partial charge in [0.1, 0.15) is 6.07 Å². The molecule has 0 amide bonds. The van der Waals surface area contributed by atoms with Crippen LogP contribution >= 0.6 is 27.5 Å². The van der Waals surface area contributed by atoms with E-state index in [-0.39, 0.29) is 17.0 Å². The highest BCUT2D eigenvalue weighted by atomic mass is 79.9. The van der Waals surface area contributed by atoms with Crippen LogP contribution in [0.3, 0.4) is 0 Å². The molecule has 1 aromatic rings. The van der Waals surface area contributed by atoms with Gasteiger partial charge < -0.3 is 5.11 Å². The summed E-state index contributed by atoms with van der Waals surface area (Å²) in [6.45, 7) is 0. The summed E-state index contributed by atoms with van der Waals surface area (Å²) in [5.74, 6) is -1.09. The van der Waals surface area contributed by atoms with Crippen molar-refractivity contribution in [3.63, 3.8) is 0 Å². The fourth-order valence-electron chi connectivity index (χ4n) is 1.09. The van der Waals surface area contributed by atoms with Gasteiger partial charge in [0.25, 0.3) is 0 Å². The first kappa shape index (κ1) is 11.0. The number of halogens is 2. The Hall–Kier alpha value is -1.05. The number of carboxylic acids is 1. The minimum atomic E-state index is -1.14. The fraction of sp³-hybridized carbons (Fsp3) is 0.111. The summed E-state index contributed by atoms with van der Waals surface area (Å²) in [7, 11) is 0. The molecule has 0 atom stereocenters. The maximum absolute atomic E-state index is 10.9. The van der Waals surface area contributed by atoms with Gasteiger partial charge >= 0.3 is 5.97 Å². The summed E-state index contributed by atoms with van der Waals surface area (Å²) in [6, 6.07) is 4.88. The smallest absolute Gasteiger partial charge is 0.337 e. The quantitative estimate of drug-likeness (QED) is 0.844. The zero-order chi connectivity index (χ0) is 10.7. The summed E-state index contributed by atoms with van der Waals surface area (Å²) in [4.78, 5) is 10.9. The second kappa shape index (κ2) is 4.45. The molecule has 0 aromatic heterocycles. The first-order valence-corrected chi connectivity index (χ1v) is 4.95. The number of aromatic carboxylic acids is 1. The van der Waals surface area contributed by atoms with Crippen molar-refractivity contribution in [2.24, 2.45) is 0 Å². The van der Waals surface area contributed by atoms with Crippen molar-refractivity contribution in [3.8, 4) is 6.07 Å². The van der Waals surface area contributed by atoms with E-state index in [0.717, 1.165) is 0 Å². The number of hydrogen-bond donors (Lipinski definition) is 1. The molecule has 0 bridgehead atoms. The van der Waals surface area contributed by atoms with E-state index in [0.29, 0.717) is 10.0 Å². The van der Waals surface area contributed by atoms with Gasteiger partial charge in [0.2, 0.25) is 0 Å². The van der Waals surface area contributed by atoms with Crippen LogP contribution in [0.5, 0.6) is 0 Å². The number of alkyl halides is 1. The normalized spacial score (nSPS) is 9.50. The van der Waals surface area contributed by atoms with Crippen molar-refractivity contribution < 1.29 is 9.90 Å². The molecule has 0 aliphatic rings. The van der Waals surface area contributed by atoms with Crippen LogP contribution in [0, 0.1) is 11.3 Å². The fourth-order valence-corrected chi connectivity index (χ4v) is 2.00. The van der Waals surface area contributed by atoms with Crippen LogP contribution in [-0.2, 0) is 5.88 Å². The van der Waals surface area contributed by atoms with Gasteiger partial charge in [-0.3, -0.25) is 0 Å². The van der Waals surface area contributed by atoms with E-state index in [1.807, 2.05) is 6.07 Å². The maximum atomic E-state index is 10.9. The van der Waals surface area contributed by atoms with Crippen LogP contribution in [0.25, 0.3) is 0 Å². The summed E-state index contributed by atoms with van der Waals surface area (Å²) in [5.41, 5.74) is 0.520. The molecule has 0 heterocycles. The molecule has 0 unspecified atom stereocenters. The molecule has 5 heteroatoms. The Balaban J connectivity index is 3.54. The lowest BCUT2D eigenvalue weighted by atomic mass is 10.0. The zero-order valence-electron chi connectivity index (χ0n) is 6.92. The van der Waals surface area contributed by atoms with Gasteiger partial charge in [-0.25, -0.2) is 4.79 Å². The molecule has 0 saturated heterocycles. The van der Waals surface area contributed by atoms with Gasteiger partial charge in [-0.05, 0) is 17.7 Å². The van der Waals surface area contributed by atoms with Crippen molar-refractivity contribution in [3.05, 3.63) is 33.3 Å². The molecule has 1 N–H and O–H groups in total. The molecule has 14 heavy (non-hydrogen) atoms. The van der Waals surface area contributed by atoms with E-state index in [1.54, 1.807) is 6.07 Å². The highest BCUT2D eigenvalue weighted by Gasteiger charge is 2.17. The van der Waals surface area contributed by atoms with Crippen LogP contribution in [0.1, 0.15) is 21.5 Å². The lowest BCUT2D eigenvalue weighted by Gasteiger charge is -2.06. The van der Waals surface area contributed by atoms with Crippen LogP contribution < -0.4 is 0 Å². The molecule has 0 spiro atoms. The van der Waals surface area contributed by atoms with Gasteiger partial charge in [0.05, 0.1) is 11.1 Å². The number of rotatable bonds is 2. The third kappa shape index (κ3) is 1.89. The molecule has 1 rings (SSSR count). The standard InChI is InChI=1S/C9H5BrClNO2/c10-7-2-1-5(4-12)8(9(13)14)6(7)3-11/h1-2H,3H2,(H,13,14). The predicted octanol–water partition coefficient (Wildman–Crippen LogP) is 2.76. The SMILES string of the molecule is N#Cc1ccc(Br)c(CCl)c1C(=O)O. The molecule has 0 saturated carbocycles.